The van der Waals surface area contributed by atoms with Crippen LogP contribution in [-0.4, -0.2) is 5.78 Å². The monoisotopic (exact) mass is 390 g/mol. The van der Waals surface area contributed by atoms with E-state index in [-0.39, 0.29) is 5.78 Å². The molecule has 3 rings (SSSR count). The van der Waals surface area contributed by atoms with Gasteiger partial charge in [0.1, 0.15) is 24.7 Å². The van der Waals surface area contributed by atoms with Crippen molar-refractivity contribution in [3.63, 3.8) is 0 Å². The van der Waals surface area contributed by atoms with Crippen LogP contribution in [-0.2, 0) is 13.2 Å². The molecule has 0 amide bonds. The number of hydrogen-bond donors (Lipinski definition) is 0. The molecule has 0 unspecified atom stereocenters. The van der Waals surface area contributed by atoms with Gasteiger partial charge in [-0.2, -0.15) is 0 Å². The largest absolute Gasteiger partial charge is 0.489 e. The molecule has 3 aromatic carbocycles. The van der Waals surface area contributed by atoms with Gasteiger partial charge in [-0.1, -0.05) is 62.4 Å². The van der Waals surface area contributed by atoms with E-state index >= 15 is 0 Å². The van der Waals surface area contributed by atoms with Crippen LogP contribution in [0, 0.1) is 13.8 Å². The lowest BCUT2D eigenvalue weighted by atomic mass is 10.1. The highest BCUT2D eigenvalue weighted by Gasteiger charge is 2.09. The molecule has 3 heteroatoms. The van der Waals surface area contributed by atoms with Gasteiger partial charge in [0.2, 0.25) is 0 Å². The third-order valence-corrected chi connectivity index (χ3v) is 4.60. The smallest absolute Gasteiger partial charge is 0.160 e. The van der Waals surface area contributed by atoms with Crippen LogP contribution < -0.4 is 9.47 Å². The van der Waals surface area contributed by atoms with Gasteiger partial charge in [0, 0.05) is 11.6 Å². The molecule has 29 heavy (non-hydrogen) atoms. The minimum atomic E-state index is -0.0166. The lowest BCUT2D eigenvalue weighted by molar-refractivity contribution is 0.101. The summed E-state index contributed by atoms with van der Waals surface area (Å²) in [6.07, 6.45) is 0. The summed E-state index contributed by atoms with van der Waals surface area (Å²) in [5, 5.41) is 0. The predicted octanol–water partition coefficient (Wildman–Crippen LogP) is 6.69. The first kappa shape index (κ1) is 22.2. The van der Waals surface area contributed by atoms with Crippen LogP contribution in [0.1, 0.15) is 53.4 Å². The third kappa shape index (κ3) is 6.49. The minimum absolute atomic E-state index is 0.0166. The summed E-state index contributed by atoms with van der Waals surface area (Å²) >= 11 is 0. The Morgan fingerprint density at radius 1 is 0.724 bits per heavy atom. The number of carbonyl (C=O) groups excluding carboxylic acids is 1. The fourth-order valence-corrected chi connectivity index (χ4v) is 2.81. The highest BCUT2D eigenvalue weighted by atomic mass is 16.5. The molecular weight excluding hydrogens is 360 g/mol. The van der Waals surface area contributed by atoms with E-state index in [9.17, 15) is 4.79 Å². The summed E-state index contributed by atoms with van der Waals surface area (Å²) in [6.45, 7) is 10.6. The Hall–Kier alpha value is -3.07. The second-order valence-electron chi connectivity index (χ2n) is 6.68. The molecule has 0 aliphatic heterocycles. The van der Waals surface area contributed by atoms with E-state index in [0.29, 0.717) is 30.3 Å². The average molecular weight is 391 g/mol. The molecule has 0 aliphatic rings. The average Bonchev–Trinajstić information content (AvgIpc) is 2.74. The van der Waals surface area contributed by atoms with E-state index in [4.69, 9.17) is 9.47 Å². The predicted molar refractivity (Wildman–Crippen MR) is 119 cm³/mol. The van der Waals surface area contributed by atoms with Gasteiger partial charge in [0.15, 0.2) is 5.78 Å². The van der Waals surface area contributed by atoms with E-state index in [0.717, 1.165) is 11.1 Å². The normalized spacial score (nSPS) is 9.97. The van der Waals surface area contributed by atoms with Crippen molar-refractivity contribution < 1.29 is 14.3 Å². The Kier molecular flexibility index (Phi) is 8.47. The van der Waals surface area contributed by atoms with Gasteiger partial charge in [0.25, 0.3) is 0 Å². The van der Waals surface area contributed by atoms with E-state index in [1.807, 2.05) is 56.3 Å². The fourth-order valence-electron chi connectivity index (χ4n) is 2.81. The number of hydrogen-bond acceptors (Lipinski definition) is 3. The lowest BCUT2D eigenvalue weighted by Crippen LogP contribution is -2.02. The molecule has 0 heterocycles. The Bertz CT molecular complexity index is 876. The highest BCUT2D eigenvalue weighted by molar-refractivity contribution is 5.94. The topological polar surface area (TPSA) is 35.5 Å². The standard InChI is InChI=1S/C24H24O3.C2H6/c1-17-8-4-6-10-20(17)15-26-23-12-22(19(3)25)13-24(14-23)27-16-21-11-7-5-9-18(21)2;1-2/h4-14H,15-16H2,1-3H3;1-2H3. The number of ether oxygens (including phenoxy) is 2. The van der Waals surface area contributed by atoms with Crippen molar-refractivity contribution in [3.05, 3.63) is 94.5 Å². The number of aryl methyl sites for hydroxylation is 2. The van der Waals surface area contributed by atoms with Crippen molar-refractivity contribution in [2.45, 2.75) is 47.8 Å². The van der Waals surface area contributed by atoms with Crippen LogP contribution in [0.2, 0.25) is 0 Å². The summed E-state index contributed by atoms with van der Waals surface area (Å²) in [4.78, 5) is 11.9. The molecule has 3 nitrogen and oxygen atoms in total. The molecule has 0 saturated carbocycles. The maximum absolute atomic E-state index is 11.9. The first-order chi connectivity index (χ1) is 14.0. The summed E-state index contributed by atoms with van der Waals surface area (Å²) in [7, 11) is 0. The summed E-state index contributed by atoms with van der Waals surface area (Å²) < 4.78 is 11.9. The van der Waals surface area contributed by atoms with Gasteiger partial charge >= 0.3 is 0 Å². The maximum atomic E-state index is 11.9. The van der Waals surface area contributed by atoms with Crippen molar-refractivity contribution in [3.8, 4) is 11.5 Å². The van der Waals surface area contributed by atoms with Crippen LogP contribution in [0.15, 0.2) is 66.7 Å². The molecule has 0 spiro atoms. The van der Waals surface area contributed by atoms with Gasteiger partial charge in [-0.3, -0.25) is 4.79 Å². The van der Waals surface area contributed by atoms with Gasteiger partial charge in [0.05, 0.1) is 0 Å². The van der Waals surface area contributed by atoms with Gasteiger partial charge in [-0.15, -0.1) is 0 Å². The second kappa shape index (κ2) is 11.1. The van der Waals surface area contributed by atoms with Crippen molar-refractivity contribution in [2.24, 2.45) is 0 Å². The Morgan fingerprint density at radius 3 is 1.52 bits per heavy atom. The molecule has 0 fully saturated rings. The Labute approximate surface area is 174 Å². The Balaban J connectivity index is 0.00000145. The maximum Gasteiger partial charge on any atom is 0.160 e. The van der Waals surface area contributed by atoms with Crippen LogP contribution >= 0.6 is 0 Å². The molecule has 0 atom stereocenters. The minimum Gasteiger partial charge on any atom is -0.489 e. The third-order valence-electron chi connectivity index (χ3n) is 4.60. The number of ketones is 1. The zero-order valence-electron chi connectivity index (χ0n) is 18.0. The summed E-state index contributed by atoms with van der Waals surface area (Å²) in [6, 6.07) is 21.6. The summed E-state index contributed by atoms with van der Waals surface area (Å²) in [5.74, 6) is 1.24. The quantitative estimate of drug-likeness (QED) is 0.422. The molecule has 152 valence electrons. The lowest BCUT2D eigenvalue weighted by Gasteiger charge is -2.13. The first-order valence-corrected chi connectivity index (χ1v) is 10.0. The van der Waals surface area contributed by atoms with Crippen LogP contribution in [0.5, 0.6) is 11.5 Å². The van der Waals surface area contributed by atoms with Gasteiger partial charge in [-0.05, 0) is 55.2 Å². The fraction of sp³-hybridized carbons (Fsp3) is 0.269. The van der Waals surface area contributed by atoms with Crippen LogP contribution in [0.4, 0.5) is 0 Å². The Morgan fingerprint density at radius 2 is 1.14 bits per heavy atom. The molecule has 0 radical (unpaired) electrons. The zero-order valence-corrected chi connectivity index (χ0v) is 18.0. The van der Waals surface area contributed by atoms with Crippen molar-refractivity contribution in [2.75, 3.05) is 0 Å². The van der Waals surface area contributed by atoms with E-state index in [2.05, 4.69) is 26.0 Å². The number of benzene rings is 3. The summed E-state index contributed by atoms with van der Waals surface area (Å²) in [5.41, 5.74) is 5.17. The molecule has 3 aromatic rings. The first-order valence-electron chi connectivity index (χ1n) is 10.0. The van der Waals surface area contributed by atoms with Crippen molar-refractivity contribution in [1.82, 2.24) is 0 Å². The molecular formula is C26H30O3. The van der Waals surface area contributed by atoms with Crippen LogP contribution in [0.25, 0.3) is 0 Å². The highest BCUT2D eigenvalue weighted by Crippen LogP contribution is 2.25. The molecule has 0 aliphatic carbocycles. The molecule has 0 aromatic heterocycles. The van der Waals surface area contributed by atoms with Crippen molar-refractivity contribution >= 4 is 5.78 Å². The van der Waals surface area contributed by atoms with Gasteiger partial charge in [-0.25, -0.2) is 0 Å². The number of carbonyl (C=O) groups is 1. The van der Waals surface area contributed by atoms with Gasteiger partial charge < -0.3 is 9.47 Å². The van der Waals surface area contributed by atoms with E-state index < -0.39 is 0 Å². The molecule has 0 saturated heterocycles. The SMILES string of the molecule is CC.CC(=O)c1cc(OCc2ccccc2C)cc(OCc2ccccc2C)c1. The van der Waals surface area contributed by atoms with Crippen LogP contribution in [0.3, 0.4) is 0 Å². The van der Waals surface area contributed by atoms with E-state index in [1.165, 1.54) is 11.1 Å². The number of rotatable bonds is 7. The van der Waals surface area contributed by atoms with Crippen molar-refractivity contribution in [1.29, 1.82) is 0 Å². The number of Topliss-reactive ketones (excluding diaryl/α,β-unsaturated/α-hetero) is 1. The second-order valence-corrected chi connectivity index (χ2v) is 6.68. The molecule has 0 bridgehead atoms. The zero-order chi connectivity index (χ0) is 21.2. The molecule has 0 N–H and O–H groups in total. The van der Waals surface area contributed by atoms with E-state index in [1.54, 1.807) is 19.1 Å².